The molecule has 47 heavy (non-hydrogen) atoms. The molecule has 0 atom stereocenters. The number of anilines is 1. The number of non-ortho nitro benzene ring substituents is 1. The summed E-state index contributed by atoms with van der Waals surface area (Å²) in [6.07, 6.45) is 2.42. The standard InChI is InChI=1S/C29H30N6O8.C2H6.CH4O/c1-17-15-29(2,3)33(12-6-7-25(38)43-34-23(36)10-11-24(34)37)21-14-22(41-4)27(28(42-5)26(17)21)32-31-20-9-8-19(35(39)40)13-18(20)16-30;2*1-2/h8-9,13-15H,6-7,10-12H2,1-5H3;1-2H3;2H,1H3. The monoisotopic (exact) mass is 652 g/mol. The molecule has 15 heteroatoms. The highest BCUT2D eigenvalue weighted by Crippen LogP contribution is 2.52. The number of nitro groups is 1. The molecule has 252 valence electrons. The van der Waals surface area contributed by atoms with Crippen LogP contribution in [0.2, 0.25) is 0 Å². The lowest BCUT2D eigenvalue weighted by molar-refractivity contribution is -0.384. The number of nitro benzene ring substituents is 1. The molecule has 1 N–H and O–H groups in total. The van der Waals surface area contributed by atoms with Crippen molar-refractivity contribution in [3.05, 3.63) is 51.6 Å². The van der Waals surface area contributed by atoms with E-state index in [2.05, 4.69) is 21.2 Å². The van der Waals surface area contributed by atoms with Crippen LogP contribution in [-0.2, 0) is 19.2 Å². The second kappa shape index (κ2) is 16.8. The summed E-state index contributed by atoms with van der Waals surface area (Å²) in [5.74, 6) is -1.07. The number of fused-ring (bicyclic) bond motifs is 1. The number of aliphatic hydroxyl groups excluding tert-OH is 1. The van der Waals surface area contributed by atoms with Crippen LogP contribution in [0.4, 0.5) is 22.7 Å². The number of rotatable bonds is 10. The molecule has 2 heterocycles. The third-order valence-corrected chi connectivity index (χ3v) is 7.10. The second-order valence-corrected chi connectivity index (χ2v) is 10.4. The SMILES string of the molecule is CC.CO.COc1cc2c(c(OC)c1N=Nc1ccc([N+](=O)[O-])cc1C#N)C(C)=CC(C)(C)N2CCCC(=O)ON1C(=O)CCC1=O. The van der Waals surface area contributed by atoms with Crippen LogP contribution in [0.25, 0.3) is 5.57 Å². The van der Waals surface area contributed by atoms with Gasteiger partial charge in [-0.1, -0.05) is 19.9 Å². The van der Waals surface area contributed by atoms with Crippen LogP contribution < -0.4 is 14.4 Å². The number of azo groups is 1. The fourth-order valence-corrected chi connectivity index (χ4v) is 5.16. The van der Waals surface area contributed by atoms with Crippen molar-refractivity contribution in [3.8, 4) is 17.6 Å². The molecule has 2 aliphatic heterocycles. The number of amides is 2. The molecule has 0 radical (unpaired) electrons. The number of benzene rings is 2. The van der Waals surface area contributed by atoms with Gasteiger partial charge in [0.05, 0.1) is 35.9 Å². The van der Waals surface area contributed by atoms with Crippen molar-refractivity contribution in [2.24, 2.45) is 10.2 Å². The molecule has 0 unspecified atom stereocenters. The van der Waals surface area contributed by atoms with E-state index in [0.717, 1.165) is 30.0 Å². The van der Waals surface area contributed by atoms with E-state index in [1.165, 1.54) is 26.4 Å². The molecular weight excluding hydrogens is 612 g/mol. The predicted molar refractivity (Wildman–Crippen MR) is 173 cm³/mol. The van der Waals surface area contributed by atoms with E-state index >= 15 is 0 Å². The Balaban J connectivity index is 0.00000185. The van der Waals surface area contributed by atoms with Crippen molar-refractivity contribution in [2.45, 2.75) is 65.8 Å². The average Bonchev–Trinajstić information content (AvgIpc) is 3.37. The molecule has 15 nitrogen and oxygen atoms in total. The minimum absolute atomic E-state index is 0.0187. The maximum Gasteiger partial charge on any atom is 0.333 e. The first-order valence-corrected chi connectivity index (χ1v) is 14.8. The van der Waals surface area contributed by atoms with E-state index in [1.54, 1.807) is 6.07 Å². The molecule has 0 aromatic heterocycles. The second-order valence-electron chi connectivity index (χ2n) is 10.4. The first-order chi connectivity index (χ1) is 22.4. The van der Waals surface area contributed by atoms with Gasteiger partial charge in [0.1, 0.15) is 11.8 Å². The van der Waals surface area contributed by atoms with Gasteiger partial charge in [0.15, 0.2) is 17.2 Å². The van der Waals surface area contributed by atoms with Gasteiger partial charge in [0.2, 0.25) is 0 Å². The molecule has 4 rings (SSSR count). The summed E-state index contributed by atoms with van der Waals surface area (Å²) >= 11 is 0. The quantitative estimate of drug-likeness (QED) is 0.138. The Morgan fingerprint density at radius 1 is 1.11 bits per heavy atom. The van der Waals surface area contributed by atoms with Crippen LogP contribution in [0.1, 0.15) is 71.4 Å². The molecule has 0 bridgehead atoms. The number of aliphatic hydroxyl groups is 1. The lowest BCUT2D eigenvalue weighted by atomic mass is 9.87. The molecule has 1 fully saturated rings. The fraction of sp³-hybridized carbons (Fsp3) is 0.438. The molecule has 0 saturated carbocycles. The van der Waals surface area contributed by atoms with E-state index < -0.39 is 28.2 Å². The first-order valence-electron chi connectivity index (χ1n) is 14.8. The third-order valence-electron chi connectivity index (χ3n) is 7.10. The number of carbonyl (C=O) groups is 3. The zero-order valence-electron chi connectivity index (χ0n) is 27.8. The number of carbonyl (C=O) groups excluding carboxylic acids is 3. The summed E-state index contributed by atoms with van der Waals surface area (Å²) in [5.41, 5.74) is 2.01. The van der Waals surface area contributed by atoms with Crippen LogP contribution in [0, 0.1) is 21.4 Å². The lowest BCUT2D eigenvalue weighted by Crippen LogP contribution is -2.46. The molecule has 2 aromatic carbocycles. The van der Waals surface area contributed by atoms with Crippen LogP contribution in [0.5, 0.6) is 11.5 Å². The number of imide groups is 1. The molecular formula is C32H40N6O9. The van der Waals surface area contributed by atoms with Gasteiger partial charge in [-0.3, -0.25) is 19.7 Å². The summed E-state index contributed by atoms with van der Waals surface area (Å²) in [5, 5.41) is 36.7. The first kappa shape index (κ1) is 37.8. The number of methoxy groups -OCH3 is 2. The molecule has 0 spiro atoms. The van der Waals surface area contributed by atoms with E-state index in [0.29, 0.717) is 29.5 Å². The Morgan fingerprint density at radius 3 is 2.30 bits per heavy atom. The summed E-state index contributed by atoms with van der Waals surface area (Å²) in [6, 6.07) is 7.39. The highest BCUT2D eigenvalue weighted by molar-refractivity contribution is 6.01. The van der Waals surface area contributed by atoms with Gasteiger partial charge in [0, 0.05) is 56.7 Å². The average molecular weight is 653 g/mol. The predicted octanol–water partition coefficient (Wildman–Crippen LogP) is 5.92. The van der Waals surface area contributed by atoms with Gasteiger partial charge in [0.25, 0.3) is 17.5 Å². The maximum atomic E-state index is 12.4. The lowest BCUT2D eigenvalue weighted by Gasteiger charge is -2.44. The zero-order valence-corrected chi connectivity index (χ0v) is 27.8. The third kappa shape index (κ3) is 8.47. The van der Waals surface area contributed by atoms with E-state index in [9.17, 15) is 29.8 Å². The van der Waals surface area contributed by atoms with Crippen molar-refractivity contribution >= 4 is 46.1 Å². The number of ether oxygens (including phenoxy) is 2. The van der Waals surface area contributed by atoms with Crippen LogP contribution >= 0.6 is 0 Å². The Morgan fingerprint density at radius 2 is 1.74 bits per heavy atom. The Hall–Kier alpha value is -5.36. The Labute approximate surface area is 273 Å². The van der Waals surface area contributed by atoms with E-state index in [4.69, 9.17) is 19.4 Å². The van der Waals surface area contributed by atoms with Gasteiger partial charge < -0.3 is 24.3 Å². The van der Waals surface area contributed by atoms with Gasteiger partial charge in [-0.05, 0) is 38.8 Å². The highest BCUT2D eigenvalue weighted by Gasteiger charge is 2.36. The summed E-state index contributed by atoms with van der Waals surface area (Å²) in [7, 11) is 3.94. The van der Waals surface area contributed by atoms with Crippen LogP contribution in [-0.4, -0.2) is 66.3 Å². The number of hydrogen-bond donors (Lipinski definition) is 1. The summed E-state index contributed by atoms with van der Waals surface area (Å²) in [4.78, 5) is 53.5. The van der Waals surface area contributed by atoms with Crippen molar-refractivity contribution in [3.63, 3.8) is 0 Å². The number of nitriles is 1. The maximum absolute atomic E-state index is 12.4. The van der Waals surface area contributed by atoms with Gasteiger partial charge in [-0.15, -0.1) is 15.3 Å². The molecule has 2 amide bonds. The highest BCUT2D eigenvalue weighted by atomic mass is 16.7. The van der Waals surface area contributed by atoms with Gasteiger partial charge >= 0.3 is 5.97 Å². The van der Waals surface area contributed by atoms with Crippen molar-refractivity contribution < 1.29 is 38.7 Å². The number of nitrogens with zero attached hydrogens (tertiary/aromatic N) is 6. The number of hydroxylamine groups is 2. The van der Waals surface area contributed by atoms with Crippen molar-refractivity contribution in [1.82, 2.24) is 5.06 Å². The van der Waals surface area contributed by atoms with Gasteiger partial charge in [-0.25, -0.2) is 4.79 Å². The smallest absolute Gasteiger partial charge is 0.333 e. The van der Waals surface area contributed by atoms with Crippen molar-refractivity contribution in [1.29, 1.82) is 5.26 Å². The largest absolute Gasteiger partial charge is 0.494 e. The van der Waals surface area contributed by atoms with Gasteiger partial charge in [-0.2, -0.15) is 5.26 Å². The van der Waals surface area contributed by atoms with Crippen molar-refractivity contribution in [2.75, 3.05) is 32.8 Å². The minimum Gasteiger partial charge on any atom is -0.494 e. The minimum atomic E-state index is -0.681. The number of hydrogen-bond acceptors (Lipinski definition) is 13. The molecule has 2 aliphatic rings. The number of allylic oxidation sites excluding steroid dienone is 1. The summed E-state index contributed by atoms with van der Waals surface area (Å²) < 4.78 is 11.5. The fourth-order valence-electron chi connectivity index (χ4n) is 5.16. The Kier molecular flexibility index (Phi) is 13.5. The normalized spacial score (nSPS) is 14.6. The van der Waals surface area contributed by atoms with E-state index in [1.807, 2.05) is 40.7 Å². The van der Waals surface area contributed by atoms with Crippen LogP contribution in [0.15, 0.2) is 40.6 Å². The molecule has 0 aliphatic carbocycles. The van der Waals surface area contributed by atoms with E-state index in [-0.39, 0.29) is 41.9 Å². The zero-order chi connectivity index (χ0) is 35.5. The summed E-state index contributed by atoms with van der Waals surface area (Å²) in [6.45, 7) is 10.4. The topological polar surface area (TPSA) is 197 Å². The Bertz CT molecular complexity index is 1590. The van der Waals surface area contributed by atoms with Crippen LogP contribution in [0.3, 0.4) is 0 Å². The molecule has 1 saturated heterocycles. The molecule has 2 aromatic rings.